The summed E-state index contributed by atoms with van der Waals surface area (Å²) < 4.78 is 32.5. The van der Waals surface area contributed by atoms with Gasteiger partial charge in [-0.2, -0.15) is 0 Å². The third-order valence-corrected chi connectivity index (χ3v) is 3.52. The lowest BCUT2D eigenvalue weighted by Gasteiger charge is -2.12. The van der Waals surface area contributed by atoms with Crippen LogP contribution in [0.25, 0.3) is 0 Å². The minimum Gasteiger partial charge on any atom is -0.496 e. The Morgan fingerprint density at radius 1 is 1.15 bits per heavy atom. The molecule has 0 saturated carbocycles. The summed E-state index contributed by atoms with van der Waals surface area (Å²) in [4.78, 5) is 0. The van der Waals surface area contributed by atoms with E-state index in [-0.39, 0.29) is 10.2 Å². The molecule has 2 nitrogen and oxygen atoms in total. The van der Waals surface area contributed by atoms with E-state index in [1.807, 2.05) is 25.1 Å². The van der Waals surface area contributed by atoms with Crippen LogP contribution in [0.4, 0.5) is 14.5 Å². The zero-order valence-electron chi connectivity index (χ0n) is 11.1. The highest BCUT2D eigenvalue weighted by Gasteiger charge is 2.09. The Bertz CT molecular complexity index is 632. The molecule has 0 aromatic heterocycles. The molecule has 0 radical (unpaired) electrons. The normalized spacial score (nSPS) is 10.4. The van der Waals surface area contributed by atoms with Gasteiger partial charge in [0.05, 0.1) is 17.3 Å². The molecule has 0 spiro atoms. The first-order valence-corrected chi connectivity index (χ1v) is 6.82. The predicted octanol–water partition coefficient (Wildman–Crippen LogP) is 4.66. The van der Waals surface area contributed by atoms with E-state index < -0.39 is 11.6 Å². The zero-order valence-corrected chi connectivity index (χ0v) is 12.7. The Hall–Kier alpha value is -1.62. The summed E-state index contributed by atoms with van der Waals surface area (Å²) in [7, 11) is 1.58. The van der Waals surface area contributed by atoms with Crippen LogP contribution in [0.1, 0.15) is 11.1 Å². The molecule has 0 fully saturated rings. The van der Waals surface area contributed by atoms with Crippen molar-refractivity contribution in [2.24, 2.45) is 0 Å². The minimum atomic E-state index is -0.509. The van der Waals surface area contributed by atoms with E-state index in [4.69, 9.17) is 4.74 Å². The molecule has 0 saturated heterocycles. The highest BCUT2D eigenvalue weighted by Crippen LogP contribution is 2.25. The molecule has 0 amide bonds. The second kappa shape index (κ2) is 6.22. The van der Waals surface area contributed by atoms with E-state index in [1.165, 1.54) is 0 Å². The maximum atomic E-state index is 13.7. The first kappa shape index (κ1) is 14.8. The summed E-state index contributed by atoms with van der Waals surface area (Å²) >= 11 is 2.95. The van der Waals surface area contributed by atoms with Gasteiger partial charge in [0, 0.05) is 18.2 Å². The van der Waals surface area contributed by atoms with E-state index in [9.17, 15) is 8.78 Å². The van der Waals surface area contributed by atoms with Gasteiger partial charge in [-0.15, -0.1) is 0 Å². The Morgan fingerprint density at radius 2 is 1.90 bits per heavy atom. The van der Waals surface area contributed by atoms with Gasteiger partial charge in [0.15, 0.2) is 0 Å². The number of hydrogen-bond donors (Lipinski definition) is 1. The number of rotatable bonds is 4. The first-order chi connectivity index (χ1) is 9.51. The van der Waals surface area contributed by atoms with Crippen molar-refractivity contribution in [1.82, 2.24) is 0 Å². The van der Waals surface area contributed by atoms with E-state index in [1.54, 1.807) is 7.11 Å². The second-order valence-corrected chi connectivity index (χ2v) is 5.27. The van der Waals surface area contributed by atoms with Crippen molar-refractivity contribution < 1.29 is 13.5 Å². The summed E-state index contributed by atoms with van der Waals surface area (Å²) in [5.74, 6) is -0.309. The van der Waals surface area contributed by atoms with Crippen LogP contribution in [0.3, 0.4) is 0 Å². The van der Waals surface area contributed by atoms with Crippen LogP contribution >= 0.6 is 15.9 Å². The van der Waals surface area contributed by atoms with Crippen LogP contribution in [0.15, 0.2) is 34.8 Å². The lowest BCUT2D eigenvalue weighted by atomic mass is 10.1. The molecule has 0 bridgehead atoms. The fourth-order valence-electron chi connectivity index (χ4n) is 1.89. The van der Waals surface area contributed by atoms with Gasteiger partial charge in [-0.3, -0.25) is 0 Å². The Labute approximate surface area is 124 Å². The molecular formula is C15H14BrF2NO. The predicted molar refractivity (Wildman–Crippen MR) is 79.1 cm³/mol. The maximum Gasteiger partial charge on any atom is 0.147 e. The topological polar surface area (TPSA) is 21.3 Å². The van der Waals surface area contributed by atoms with Crippen molar-refractivity contribution in [3.8, 4) is 5.75 Å². The summed E-state index contributed by atoms with van der Waals surface area (Å²) in [6.07, 6.45) is 0. The lowest BCUT2D eigenvalue weighted by Crippen LogP contribution is -2.04. The largest absolute Gasteiger partial charge is 0.496 e. The molecule has 2 rings (SSSR count). The highest BCUT2D eigenvalue weighted by molar-refractivity contribution is 9.10. The van der Waals surface area contributed by atoms with Crippen LogP contribution in [0, 0.1) is 18.6 Å². The van der Waals surface area contributed by atoms with Crippen LogP contribution < -0.4 is 10.1 Å². The van der Waals surface area contributed by atoms with Gasteiger partial charge in [0.1, 0.15) is 17.4 Å². The summed E-state index contributed by atoms with van der Waals surface area (Å²) in [6, 6.07) is 7.96. The molecule has 0 aliphatic carbocycles. The van der Waals surface area contributed by atoms with Gasteiger partial charge in [-0.05, 0) is 35.0 Å². The molecule has 1 N–H and O–H groups in total. The molecule has 0 aliphatic heterocycles. The number of ether oxygens (including phenoxy) is 1. The van der Waals surface area contributed by atoms with Gasteiger partial charge in [-0.25, -0.2) is 8.78 Å². The Balaban J connectivity index is 2.21. The third kappa shape index (κ3) is 3.28. The zero-order chi connectivity index (χ0) is 14.7. The van der Waals surface area contributed by atoms with E-state index in [2.05, 4.69) is 21.2 Å². The minimum absolute atomic E-state index is 0.105. The summed E-state index contributed by atoms with van der Waals surface area (Å²) in [5, 5.41) is 2.88. The van der Waals surface area contributed by atoms with Gasteiger partial charge in [0.2, 0.25) is 0 Å². The molecule has 0 aliphatic rings. The van der Waals surface area contributed by atoms with Crippen molar-refractivity contribution >= 4 is 21.6 Å². The molecule has 0 heterocycles. The van der Waals surface area contributed by atoms with Crippen molar-refractivity contribution in [3.05, 3.63) is 57.6 Å². The van der Waals surface area contributed by atoms with Crippen molar-refractivity contribution in [1.29, 1.82) is 0 Å². The summed E-state index contributed by atoms with van der Waals surface area (Å²) in [5.41, 5.74) is 2.08. The number of aryl methyl sites for hydroxylation is 1. The first-order valence-electron chi connectivity index (χ1n) is 6.03. The number of halogens is 3. The average Bonchev–Trinajstić information content (AvgIpc) is 2.41. The van der Waals surface area contributed by atoms with E-state index in [0.29, 0.717) is 12.3 Å². The van der Waals surface area contributed by atoms with Crippen LogP contribution in [0.2, 0.25) is 0 Å². The standard InChI is InChI=1S/C15H14BrF2NO/c1-9-3-4-15(20-2)10(5-9)8-19-14-7-12(17)11(16)6-13(14)18/h3-7,19H,8H2,1-2H3. The lowest BCUT2D eigenvalue weighted by molar-refractivity contribution is 0.410. The summed E-state index contributed by atoms with van der Waals surface area (Å²) in [6.45, 7) is 2.31. The van der Waals surface area contributed by atoms with Crippen molar-refractivity contribution in [2.75, 3.05) is 12.4 Å². The van der Waals surface area contributed by atoms with Crippen molar-refractivity contribution in [3.63, 3.8) is 0 Å². The van der Waals surface area contributed by atoms with Crippen LogP contribution in [0.5, 0.6) is 5.75 Å². The quantitative estimate of drug-likeness (QED) is 0.817. The fourth-order valence-corrected chi connectivity index (χ4v) is 2.21. The smallest absolute Gasteiger partial charge is 0.147 e. The molecule has 5 heteroatoms. The van der Waals surface area contributed by atoms with Crippen LogP contribution in [-0.4, -0.2) is 7.11 Å². The SMILES string of the molecule is COc1ccc(C)cc1CNc1cc(F)c(Br)cc1F. The van der Waals surface area contributed by atoms with Crippen molar-refractivity contribution in [2.45, 2.75) is 13.5 Å². The Morgan fingerprint density at radius 3 is 2.60 bits per heavy atom. The van der Waals surface area contributed by atoms with E-state index in [0.717, 1.165) is 23.3 Å². The number of benzene rings is 2. The van der Waals surface area contributed by atoms with Gasteiger partial charge >= 0.3 is 0 Å². The average molecular weight is 342 g/mol. The fraction of sp³-hybridized carbons (Fsp3) is 0.200. The molecule has 106 valence electrons. The number of anilines is 1. The molecule has 0 unspecified atom stereocenters. The van der Waals surface area contributed by atoms with Gasteiger partial charge in [0.25, 0.3) is 0 Å². The molecule has 20 heavy (non-hydrogen) atoms. The molecule has 2 aromatic rings. The third-order valence-electron chi connectivity index (χ3n) is 2.92. The maximum absolute atomic E-state index is 13.7. The van der Waals surface area contributed by atoms with E-state index >= 15 is 0 Å². The number of methoxy groups -OCH3 is 1. The monoisotopic (exact) mass is 341 g/mol. The molecule has 2 aromatic carbocycles. The van der Waals surface area contributed by atoms with Gasteiger partial charge in [-0.1, -0.05) is 17.7 Å². The second-order valence-electron chi connectivity index (χ2n) is 4.42. The highest BCUT2D eigenvalue weighted by atomic mass is 79.9. The Kier molecular flexibility index (Phi) is 4.60. The van der Waals surface area contributed by atoms with Crippen LogP contribution in [-0.2, 0) is 6.54 Å². The number of hydrogen-bond acceptors (Lipinski definition) is 2. The molecule has 0 atom stereocenters. The number of nitrogens with one attached hydrogen (secondary N) is 1. The van der Waals surface area contributed by atoms with Gasteiger partial charge < -0.3 is 10.1 Å². The molecular weight excluding hydrogens is 328 g/mol.